The van der Waals surface area contributed by atoms with Gasteiger partial charge in [0.05, 0.1) is 5.52 Å². The van der Waals surface area contributed by atoms with Gasteiger partial charge >= 0.3 is 0 Å². The number of aromatic nitrogens is 1. The third-order valence-corrected chi connectivity index (χ3v) is 3.52. The summed E-state index contributed by atoms with van der Waals surface area (Å²) in [5, 5.41) is 4.07. The Kier molecular flexibility index (Phi) is 2.91. The summed E-state index contributed by atoms with van der Waals surface area (Å²) >= 11 is 0. The summed E-state index contributed by atoms with van der Waals surface area (Å²) in [4.78, 5) is 15.0. The molecule has 0 atom stereocenters. The van der Waals surface area contributed by atoms with E-state index in [0.29, 0.717) is 12.2 Å². The number of ether oxygens (including phenoxy) is 2. The highest BCUT2D eigenvalue weighted by Gasteiger charge is 2.17. The summed E-state index contributed by atoms with van der Waals surface area (Å²) in [5.74, 6) is 1.42. The van der Waals surface area contributed by atoms with E-state index in [9.17, 15) is 4.79 Å². The van der Waals surface area contributed by atoms with Crippen molar-refractivity contribution in [1.82, 2.24) is 10.3 Å². The summed E-state index contributed by atoms with van der Waals surface area (Å²) in [6.07, 6.45) is 0.710. The molecule has 0 spiro atoms. The van der Waals surface area contributed by atoms with Crippen LogP contribution in [0.4, 0.5) is 0 Å². The third-order valence-electron chi connectivity index (χ3n) is 3.52. The van der Waals surface area contributed by atoms with Crippen molar-refractivity contribution < 1.29 is 9.47 Å². The maximum atomic E-state index is 12.1. The zero-order valence-corrected chi connectivity index (χ0v) is 11.0. The Balaban J connectivity index is 2.20. The van der Waals surface area contributed by atoms with Crippen LogP contribution < -0.4 is 20.3 Å². The van der Waals surface area contributed by atoms with Gasteiger partial charge in [-0.2, -0.15) is 0 Å². The van der Waals surface area contributed by atoms with Crippen LogP contribution in [0.1, 0.15) is 11.1 Å². The van der Waals surface area contributed by atoms with Crippen molar-refractivity contribution in [3.63, 3.8) is 0 Å². The molecule has 2 heterocycles. The van der Waals surface area contributed by atoms with Crippen molar-refractivity contribution in [2.24, 2.45) is 0 Å². The van der Waals surface area contributed by atoms with E-state index in [1.54, 1.807) is 0 Å². The van der Waals surface area contributed by atoms with Gasteiger partial charge < -0.3 is 19.8 Å². The molecule has 1 aromatic heterocycles. The van der Waals surface area contributed by atoms with Crippen molar-refractivity contribution in [2.45, 2.75) is 13.3 Å². The van der Waals surface area contributed by atoms with E-state index in [2.05, 4.69) is 10.3 Å². The number of pyridine rings is 1. The molecule has 0 aliphatic carbocycles. The first-order valence-corrected chi connectivity index (χ1v) is 6.30. The molecule has 0 unspecified atom stereocenters. The van der Waals surface area contributed by atoms with Crippen molar-refractivity contribution in [3.05, 3.63) is 33.6 Å². The molecule has 0 radical (unpaired) electrons. The molecule has 100 valence electrons. The van der Waals surface area contributed by atoms with Crippen LogP contribution in [0.5, 0.6) is 11.5 Å². The first-order chi connectivity index (χ1) is 9.20. The summed E-state index contributed by atoms with van der Waals surface area (Å²) < 4.78 is 10.7. The van der Waals surface area contributed by atoms with Crippen molar-refractivity contribution in [1.29, 1.82) is 0 Å². The summed E-state index contributed by atoms with van der Waals surface area (Å²) in [7, 11) is 1.88. The maximum Gasteiger partial charge on any atom is 0.251 e. The van der Waals surface area contributed by atoms with E-state index in [1.807, 2.05) is 26.1 Å². The first-order valence-electron chi connectivity index (χ1n) is 6.30. The van der Waals surface area contributed by atoms with Gasteiger partial charge in [0.2, 0.25) is 6.79 Å². The van der Waals surface area contributed by atoms with Crippen molar-refractivity contribution >= 4 is 10.9 Å². The van der Waals surface area contributed by atoms with E-state index in [0.717, 1.165) is 34.3 Å². The maximum absolute atomic E-state index is 12.1. The molecule has 5 heteroatoms. The van der Waals surface area contributed by atoms with Gasteiger partial charge in [0.25, 0.3) is 5.56 Å². The molecule has 1 aromatic carbocycles. The highest BCUT2D eigenvalue weighted by Crippen LogP contribution is 2.36. The quantitative estimate of drug-likeness (QED) is 0.874. The van der Waals surface area contributed by atoms with Crippen LogP contribution in [0.2, 0.25) is 0 Å². The zero-order chi connectivity index (χ0) is 13.4. The van der Waals surface area contributed by atoms with E-state index in [4.69, 9.17) is 9.47 Å². The van der Waals surface area contributed by atoms with Gasteiger partial charge in [-0.05, 0) is 38.6 Å². The Hall–Kier alpha value is -2.01. The number of fused-ring (bicyclic) bond motifs is 2. The van der Waals surface area contributed by atoms with Gasteiger partial charge in [0.1, 0.15) is 0 Å². The number of hydrogen-bond acceptors (Lipinski definition) is 4. The lowest BCUT2D eigenvalue weighted by Gasteiger charge is -2.09. The van der Waals surface area contributed by atoms with Gasteiger partial charge in [-0.3, -0.25) is 4.79 Å². The lowest BCUT2D eigenvalue weighted by atomic mass is 10.0. The molecular formula is C14H16N2O3. The number of nitrogens with one attached hydrogen (secondary N) is 2. The third kappa shape index (κ3) is 1.96. The Morgan fingerprint density at radius 2 is 2.05 bits per heavy atom. The summed E-state index contributed by atoms with van der Waals surface area (Å²) in [6, 6.07) is 3.76. The fourth-order valence-corrected chi connectivity index (χ4v) is 2.44. The fraction of sp³-hybridized carbons (Fsp3) is 0.357. The molecule has 2 aromatic rings. The number of likely N-dealkylation sites (N-methyl/N-ethyl adjacent to an activating group) is 1. The van der Waals surface area contributed by atoms with E-state index >= 15 is 0 Å². The molecule has 19 heavy (non-hydrogen) atoms. The first kappa shape index (κ1) is 12.0. The van der Waals surface area contributed by atoms with E-state index in [-0.39, 0.29) is 12.4 Å². The fourth-order valence-electron chi connectivity index (χ4n) is 2.44. The number of rotatable bonds is 3. The standard InChI is InChI=1S/C14H16N2O3/c1-8-9(3-4-15-2)14(17)16-11-6-13-12(5-10(8)11)18-7-19-13/h5-6,15H,3-4,7H2,1-2H3,(H,16,17). The van der Waals surface area contributed by atoms with E-state index < -0.39 is 0 Å². The molecule has 3 rings (SSSR count). The Bertz CT molecular complexity index is 691. The normalized spacial score (nSPS) is 13.2. The van der Waals surface area contributed by atoms with Gasteiger partial charge in [-0.1, -0.05) is 0 Å². The Labute approximate surface area is 110 Å². The molecular weight excluding hydrogens is 244 g/mol. The molecule has 2 N–H and O–H groups in total. The van der Waals surface area contributed by atoms with Crippen LogP contribution in [-0.4, -0.2) is 25.4 Å². The van der Waals surface area contributed by atoms with Crippen molar-refractivity contribution in [2.75, 3.05) is 20.4 Å². The van der Waals surface area contributed by atoms with Gasteiger partial charge in [-0.15, -0.1) is 0 Å². The van der Waals surface area contributed by atoms with Crippen LogP contribution in [0, 0.1) is 6.92 Å². The number of aromatic amines is 1. The lowest BCUT2D eigenvalue weighted by molar-refractivity contribution is 0.174. The number of benzene rings is 1. The van der Waals surface area contributed by atoms with Gasteiger partial charge in [0, 0.05) is 17.0 Å². The van der Waals surface area contributed by atoms with Crippen molar-refractivity contribution in [3.8, 4) is 11.5 Å². The molecule has 0 saturated carbocycles. The van der Waals surface area contributed by atoms with Gasteiger partial charge in [0.15, 0.2) is 11.5 Å². The molecule has 5 nitrogen and oxygen atoms in total. The highest BCUT2D eigenvalue weighted by molar-refractivity contribution is 5.86. The number of hydrogen-bond donors (Lipinski definition) is 2. The Morgan fingerprint density at radius 3 is 2.79 bits per heavy atom. The SMILES string of the molecule is CNCCc1c(C)c2cc3c(cc2[nH]c1=O)OCO3. The van der Waals surface area contributed by atoms with Crippen LogP contribution in [0.3, 0.4) is 0 Å². The lowest BCUT2D eigenvalue weighted by Crippen LogP contribution is -2.20. The largest absolute Gasteiger partial charge is 0.454 e. The molecule has 1 aliphatic rings. The average Bonchev–Trinajstić information content (AvgIpc) is 2.84. The smallest absolute Gasteiger partial charge is 0.251 e. The average molecular weight is 260 g/mol. The second kappa shape index (κ2) is 4.59. The minimum absolute atomic E-state index is 0.0286. The van der Waals surface area contributed by atoms with E-state index in [1.165, 1.54) is 0 Å². The predicted molar refractivity (Wildman–Crippen MR) is 73.1 cm³/mol. The molecule has 1 aliphatic heterocycles. The zero-order valence-electron chi connectivity index (χ0n) is 11.0. The number of aryl methyl sites for hydroxylation is 1. The monoisotopic (exact) mass is 260 g/mol. The second-order valence-corrected chi connectivity index (χ2v) is 4.66. The molecule has 0 amide bonds. The molecule has 0 fully saturated rings. The summed E-state index contributed by atoms with van der Waals surface area (Å²) in [5.41, 5.74) is 2.59. The number of H-pyrrole nitrogens is 1. The van der Waals surface area contributed by atoms with Gasteiger partial charge in [-0.25, -0.2) is 0 Å². The van der Waals surface area contributed by atoms with Crippen LogP contribution >= 0.6 is 0 Å². The van der Waals surface area contributed by atoms with Crippen LogP contribution in [0.25, 0.3) is 10.9 Å². The van der Waals surface area contributed by atoms with Crippen LogP contribution in [-0.2, 0) is 6.42 Å². The minimum Gasteiger partial charge on any atom is -0.454 e. The highest BCUT2D eigenvalue weighted by atomic mass is 16.7. The van der Waals surface area contributed by atoms with Crippen LogP contribution in [0.15, 0.2) is 16.9 Å². The second-order valence-electron chi connectivity index (χ2n) is 4.66. The summed E-state index contributed by atoms with van der Waals surface area (Å²) in [6.45, 7) is 2.99. The molecule has 0 saturated heterocycles. The molecule has 0 bridgehead atoms. The minimum atomic E-state index is -0.0286. The predicted octanol–water partition coefficient (Wildman–Crippen LogP) is 1.33. The topological polar surface area (TPSA) is 63.4 Å². The Morgan fingerprint density at radius 1 is 1.32 bits per heavy atom.